The standard InChI is InChI=1S/C20H22Cl2O4/c1-3-13(2)25-19-9-8-16(10-18(19)22)23-11-17-12-24-20(26-17)14-4-6-15(21)7-5-14/h4-10,13,17,20H,3,11-12H2,1-2H3. The van der Waals surface area contributed by atoms with Crippen LogP contribution < -0.4 is 9.47 Å². The van der Waals surface area contributed by atoms with E-state index in [1.165, 1.54) is 0 Å². The lowest BCUT2D eigenvalue weighted by molar-refractivity contribution is -0.0659. The SMILES string of the molecule is CCC(C)Oc1ccc(OCC2COC(c3ccc(Cl)cc3)O2)cc1Cl. The van der Waals surface area contributed by atoms with Crippen LogP contribution in [0.1, 0.15) is 32.1 Å². The highest BCUT2D eigenvalue weighted by molar-refractivity contribution is 6.32. The molecule has 0 radical (unpaired) electrons. The van der Waals surface area contributed by atoms with Gasteiger partial charge in [-0.25, -0.2) is 0 Å². The van der Waals surface area contributed by atoms with Crippen molar-refractivity contribution < 1.29 is 18.9 Å². The number of hydrogen-bond donors (Lipinski definition) is 0. The van der Waals surface area contributed by atoms with Gasteiger partial charge in [0.25, 0.3) is 0 Å². The molecular weight excluding hydrogens is 375 g/mol. The summed E-state index contributed by atoms with van der Waals surface area (Å²) in [6.45, 7) is 4.93. The summed E-state index contributed by atoms with van der Waals surface area (Å²) in [5.74, 6) is 1.33. The lowest BCUT2D eigenvalue weighted by Gasteiger charge is -2.16. The van der Waals surface area contributed by atoms with Crippen molar-refractivity contribution in [3.05, 3.63) is 58.1 Å². The zero-order valence-corrected chi connectivity index (χ0v) is 16.3. The van der Waals surface area contributed by atoms with Crippen LogP contribution in [0.5, 0.6) is 11.5 Å². The summed E-state index contributed by atoms with van der Waals surface area (Å²) in [5.41, 5.74) is 0.937. The molecule has 3 atom stereocenters. The van der Waals surface area contributed by atoms with Crippen molar-refractivity contribution in [2.24, 2.45) is 0 Å². The van der Waals surface area contributed by atoms with Gasteiger partial charge < -0.3 is 18.9 Å². The normalized spacial score (nSPS) is 20.8. The molecule has 1 fully saturated rings. The monoisotopic (exact) mass is 396 g/mol. The van der Waals surface area contributed by atoms with E-state index in [1.54, 1.807) is 6.07 Å². The highest BCUT2D eigenvalue weighted by atomic mass is 35.5. The van der Waals surface area contributed by atoms with E-state index in [-0.39, 0.29) is 12.2 Å². The lowest BCUT2D eigenvalue weighted by atomic mass is 10.2. The molecule has 0 saturated carbocycles. The fourth-order valence-electron chi connectivity index (χ4n) is 2.49. The third kappa shape index (κ3) is 5.04. The average molecular weight is 397 g/mol. The van der Waals surface area contributed by atoms with E-state index in [9.17, 15) is 0 Å². The molecule has 3 unspecified atom stereocenters. The highest BCUT2D eigenvalue weighted by Crippen LogP contribution is 2.31. The minimum Gasteiger partial charge on any atom is -0.491 e. The summed E-state index contributed by atoms with van der Waals surface area (Å²) in [7, 11) is 0. The van der Waals surface area contributed by atoms with Crippen molar-refractivity contribution in [2.75, 3.05) is 13.2 Å². The summed E-state index contributed by atoms with van der Waals surface area (Å²) < 4.78 is 23.1. The van der Waals surface area contributed by atoms with E-state index in [0.717, 1.165) is 12.0 Å². The van der Waals surface area contributed by atoms with Crippen molar-refractivity contribution in [3.63, 3.8) is 0 Å². The van der Waals surface area contributed by atoms with Crippen molar-refractivity contribution in [1.82, 2.24) is 0 Å². The second-order valence-corrected chi connectivity index (χ2v) is 7.06. The molecular formula is C20H22Cl2O4. The Morgan fingerprint density at radius 2 is 1.92 bits per heavy atom. The number of halogens is 2. The van der Waals surface area contributed by atoms with Crippen molar-refractivity contribution >= 4 is 23.2 Å². The number of ether oxygens (including phenoxy) is 4. The topological polar surface area (TPSA) is 36.9 Å². The predicted molar refractivity (Wildman–Crippen MR) is 102 cm³/mol. The van der Waals surface area contributed by atoms with Gasteiger partial charge in [-0.1, -0.05) is 42.3 Å². The molecule has 0 amide bonds. The van der Waals surface area contributed by atoms with E-state index in [1.807, 2.05) is 43.3 Å². The summed E-state index contributed by atoms with van der Waals surface area (Å²) in [6, 6.07) is 12.9. The number of hydrogen-bond acceptors (Lipinski definition) is 4. The van der Waals surface area contributed by atoms with Gasteiger partial charge in [-0.05, 0) is 37.6 Å². The Morgan fingerprint density at radius 1 is 1.15 bits per heavy atom. The maximum absolute atomic E-state index is 6.27. The van der Waals surface area contributed by atoms with E-state index in [0.29, 0.717) is 34.8 Å². The van der Waals surface area contributed by atoms with Crippen LogP contribution in [-0.2, 0) is 9.47 Å². The van der Waals surface area contributed by atoms with Gasteiger partial charge in [0.05, 0.1) is 17.7 Å². The van der Waals surface area contributed by atoms with Crippen LogP contribution >= 0.6 is 23.2 Å². The first kappa shape index (κ1) is 19.3. The highest BCUT2D eigenvalue weighted by Gasteiger charge is 2.27. The molecule has 0 aliphatic carbocycles. The van der Waals surface area contributed by atoms with Crippen LogP contribution in [0.15, 0.2) is 42.5 Å². The number of rotatable bonds is 7. The summed E-state index contributed by atoms with van der Waals surface area (Å²) in [6.07, 6.45) is 0.497. The Labute approximate surface area is 163 Å². The van der Waals surface area contributed by atoms with Crippen molar-refractivity contribution in [1.29, 1.82) is 0 Å². The molecule has 6 heteroatoms. The zero-order valence-electron chi connectivity index (χ0n) is 14.8. The Kier molecular flexibility index (Phi) is 6.65. The van der Waals surface area contributed by atoms with Crippen LogP contribution in [0.2, 0.25) is 10.0 Å². The molecule has 0 N–H and O–H groups in total. The van der Waals surface area contributed by atoms with Gasteiger partial charge in [-0.2, -0.15) is 0 Å². The van der Waals surface area contributed by atoms with Crippen molar-refractivity contribution in [3.8, 4) is 11.5 Å². The maximum atomic E-state index is 6.27. The molecule has 0 aromatic heterocycles. The molecule has 140 valence electrons. The molecule has 1 heterocycles. The molecule has 1 aliphatic heterocycles. The van der Waals surface area contributed by atoms with Gasteiger partial charge in [0, 0.05) is 16.7 Å². The van der Waals surface area contributed by atoms with Crippen LogP contribution in [0.4, 0.5) is 0 Å². The van der Waals surface area contributed by atoms with E-state index >= 15 is 0 Å². The summed E-state index contributed by atoms with van der Waals surface area (Å²) in [5, 5.41) is 1.22. The van der Waals surface area contributed by atoms with Crippen LogP contribution in [0.3, 0.4) is 0 Å². The zero-order chi connectivity index (χ0) is 18.5. The third-order valence-corrected chi connectivity index (χ3v) is 4.68. The first-order chi connectivity index (χ1) is 12.5. The van der Waals surface area contributed by atoms with Crippen LogP contribution in [0.25, 0.3) is 0 Å². The molecule has 4 nitrogen and oxygen atoms in total. The fraction of sp³-hybridized carbons (Fsp3) is 0.400. The second kappa shape index (κ2) is 8.96. The second-order valence-electron chi connectivity index (χ2n) is 6.21. The maximum Gasteiger partial charge on any atom is 0.184 e. The van der Waals surface area contributed by atoms with E-state index in [4.69, 9.17) is 42.1 Å². The Hall–Kier alpha value is -1.46. The minimum absolute atomic E-state index is 0.119. The first-order valence-corrected chi connectivity index (χ1v) is 9.42. The summed E-state index contributed by atoms with van der Waals surface area (Å²) >= 11 is 12.2. The van der Waals surface area contributed by atoms with Gasteiger partial charge in [-0.15, -0.1) is 0 Å². The molecule has 1 saturated heterocycles. The molecule has 26 heavy (non-hydrogen) atoms. The largest absolute Gasteiger partial charge is 0.491 e. The molecule has 1 aliphatic rings. The van der Waals surface area contributed by atoms with Gasteiger partial charge in [0.1, 0.15) is 24.2 Å². The Morgan fingerprint density at radius 3 is 2.62 bits per heavy atom. The minimum atomic E-state index is -0.393. The fourth-order valence-corrected chi connectivity index (χ4v) is 2.83. The van der Waals surface area contributed by atoms with Gasteiger partial charge >= 0.3 is 0 Å². The average Bonchev–Trinajstić information content (AvgIpc) is 3.11. The molecule has 2 aromatic carbocycles. The van der Waals surface area contributed by atoms with Crippen LogP contribution in [-0.4, -0.2) is 25.4 Å². The first-order valence-electron chi connectivity index (χ1n) is 8.66. The Bertz CT molecular complexity index is 720. The smallest absolute Gasteiger partial charge is 0.184 e. The lowest BCUT2D eigenvalue weighted by Crippen LogP contribution is -2.20. The van der Waals surface area contributed by atoms with E-state index < -0.39 is 6.29 Å². The third-order valence-electron chi connectivity index (χ3n) is 4.13. The van der Waals surface area contributed by atoms with E-state index in [2.05, 4.69) is 6.92 Å². The van der Waals surface area contributed by atoms with Gasteiger partial charge in [-0.3, -0.25) is 0 Å². The molecule has 2 aromatic rings. The predicted octanol–water partition coefficient (Wildman–Crippen LogP) is 5.66. The summed E-state index contributed by atoms with van der Waals surface area (Å²) in [4.78, 5) is 0. The molecule has 0 bridgehead atoms. The van der Waals surface area contributed by atoms with Crippen LogP contribution in [0, 0.1) is 0 Å². The number of benzene rings is 2. The quantitative estimate of drug-likeness (QED) is 0.604. The Balaban J connectivity index is 1.51. The van der Waals surface area contributed by atoms with Gasteiger partial charge in [0.15, 0.2) is 6.29 Å². The van der Waals surface area contributed by atoms with Crippen molar-refractivity contribution in [2.45, 2.75) is 38.8 Å². The molecule has 0 spiro atoms. The van der Waals surface area contributed by atoms with Gasteiger partial charge in [0.2, 0.25) is 0 Å². The molecule has 3 rings (SSSR count).